The van der Waals surface area contributed by atoms with Crippen molar-refractivity contribution in [3.63, 3.8) is 0 Å². The molecule has 0 N–H and O–H groups in total. The average molecular weight is 277 g/mol. The zero-order chi connectivity index (χ0) is 14.5. The molecule has 1 aliphatic heterocycles. The standard InChI is InChI=1S/C19H19NO/c1-19(14-8-11-16-9-4-2-5-10-16)15-18(20-21-19)17-12-6-3-7-13-17/h2-13H,14-15H2,1H3/b11-8+. The van der Waals surface area contributed by atoms with Crippen LogP contribution in [0.5, 0.6) is 0 Å². The van der Waals surface area contributed by atoms with Crippen LogP contribution in [-0.2, 0) is 4.84 Å². The first-order valence-electron chi connectivity index (χ1n) is 7.27. The Bertz CT molecular complexity index is 646. The van der Waals surface area contributed by atoms with Gasteiger partial charge in [-0.05, 0) is 18.1 Å². The minimum Gasteiger partial charge on any atom is -0.389 e. The third-order valence-corrected chi connectivity index (χ3v) is 3.68. The Labute approximate surface area is 125 Å². The summed E-state index contributed by atoms with van der Waals surface area (Å²) < 4.78 is 0. The second-order valence-electron chi connectivity index (χ2n) is 5.64. The fourth-order valence-electron chi connectivity index (χ4n) is 2.49. The zero-order valence-corrected chi connectivity index (χ0v) is 12.2. The van der Waals surface area contributed by atoms with Crippen molar-refractivity contribution in [2.24, 2.45) is 5.16 Å². The first-order chi connectivity index (χ1) is 10.3. The third-order valence-electron chi connectivity index (χ3n) is 3.68. The predicted octanol–water partition coefficient (Wildman–Crippen LogP) is 4.67. The topological polar surface area (TPSA) is 21.6 Å². The molecule has 2 aromatic rings. The van der Waals surface area contributed by atoms with Gasteiger partial charge in [-0.15, -0.1) is 0 Å². The van der Waals surface area contributed by atoms with Gasteiger partial charge < -0.3 is 4.84 Å². The van der Waals surface area contributed by atoms with Gasteiger partial charge in [0.25, 0.3) is 0 Å². The highest BCUT2D eigenvalue weighted by Crippen LogP contribution is 2.30. The van der Waals surface area contributed by atoms with E-state index in [-0.39, 0.29) is 5.60 Å². The van der Waals surface area contributed by atoms with Crippen molar-refractivity contribution in [3.8, 4) is 0 Å². The van der Waals surface area contributed by atoms with E-state index in [1.54, 1.807) is 0 Å². The van der Waals surface area contributed by atoms with Gasteiger partial charge in [0.05, 0.1) is 5.71 Å². The van der Waals surface area contributed by atoms with Crippen LogP contribution in [0.3, 0.4) is 0 Å². The summed E-state index contributed by atoms with van der Waals surface area (Å²) in [5.74, 6) is 0. The van der Waals surface area contributed by atoms with Crippen molar-refractivity contribution in [1.29, 1.82) is 0 Å². The molecule has 2 nitrogen and oxygen atoms in total. The third kappa shape index (κ3) is 3.40. The Morgan fingerprint density at radius 2 is 1.71 bits per heavy atom. The van der Waals surface area contributed by atoms with Gasteiger partial charge in [0.1, 0.15) is 5.60 Å². The molecule has 0 aliphatic carbocycles. The van der Waals surface area contributed by atoms with Crippen molar-refractivity contribution >= 4 is 11.8 Å². The van der Waals surface area contributed by atoms with Crippen molar-refractivity contribution in [3.05, 3.63) is 77.9 Å². The van der Waals surface area contributed by atoms with Gasteiger partial charge >= 0.3 is 0 Å². The lowest BCUT2D eigenvalue weighted by Gasteiger charge is -2.19. The maximum absolute atomic E-state index is 5.68. The Morgan fingerprint density at radius 1 is 1.05 bits per heavy atom. The number of oxime groups is 1. The lowest BCUT2D eigenvalue weighted by atomic mass is 9.92. The number of hydrogen-bond donors (Lipinski definition) is 0. The summed E-state index contributed by atoms with van der Waals surface area (Å²) in [5, 5.41) is 4.27. The SMILES string of the molecule is CC1(C/C=C/c2ccccc2)CC(c2ccccc2)=NO1. The molecule has 0 saturated carbocycles. The summed E-state index contributed by atoms with van der Waals surface area (Å²) in [7, 11) is 0. The van der Waals surface area contributed by atoms with Crippen molar-refractivity contribution in [1.82, 2.24) is 0 Å². The van der Waals surface area contributed by atoms with Gasteiger partial charge in [-0.3, -0.25) is 0 Å². The van der Waals surface area contributed by atoms with E-state index in [4.69, 9.17) is 4.84 Å². The van der Waals surface area contributed by atoms with E-state index in [1.807, 2.05) is 36.4 Å². The Hall–Kier alpha value is -2.35. The molecule has 2 aromatic carbocycles. The zero-order valence-electron chi connectivity index (χ0n) is 12.2. The number of hydrogen-bond acceptors (Lipinski definition) is 2. The minimum atomic E-state index is -0.240. The van der Waals surface area contributed by atoms with Crippen LogP contribution < -0.4 is 0 Å². The molecule has 1 unspecified atom stereocenters. The van der Waals surface area contributed by atoms with E-state index in [2.05, 4.69) is 48.5 Å². The second-order valence-corrected chi connectivity index (χ2v) is 5.64. The second kappa shape index (κ2) is 5.96. The van der Waals surface area contributed by atoms with Crippen LogP contribution >= 0.6 is 0 Å². The van der Waals surface area contributed by atoms with Crippen molar-refractivity contribution in [2.75, 3.05) is 0 Å². The molecule has 1 atom stereocenters. The quantitative estimate of drug-likeness (QED) is 0.795. The summed E-state index contributed by atoms with van der Waals surface area (Å²) in [6, 6.07) is 20.5. The molecule has 2 heteroatoms. The van der Waals surface area contributed by atoms with Gasteiger partial charge in [0.2, 0.25) is 0 Å². The summed E-state index contributed by atoms with van der Waals surface area (Å²) >= 11 is 0. The molecule has 0 radical (unpaired) electrons. The van der Waals surface area contributed by atoms with Crippen LogP contribution in [0, 0.1) is 0 Å². The fourth-order valence-corrected chi connectivity index (χ4v) is 2.49. The lowest BCUT2D eigenvalue weighted by Crippen LogP contribution is -2.23. The molecule has 0 bridgehead atoms. The number of rotatable bonds is 4. The highest BCUT2D eigenvalue weighted by molar-refractivity contribution is 6.01. The van der Waals surface area contributed by atoms with Gasteiger partial charge in [-0.1, -0.05) is 78.0 Å². The molecule has 106 valence electrons. The van der Waals surface area contributed by atoms with Crippen LogP contribution in [0.2, 0.25) is 0 Å². The molecule has 0 fully saturated rings. The minimum absolute atomic E-state index is 0.240. The van der Waals surface area contributed by atoms with E-state index in [0.717, 1.165) is 24.1 Å². The molecular weight excluding hydrogens is 258 g/mol. The van der Waals surface area contributed by atoms with E-state index >= 15 is 0 Å². The maximum atomic E-state index is 5.68. The maximum Gasteiger partial charge on any atom is 0.144 e. The largest absolute Gasteiger partial charge is 0.389 e. The number of nitrogens with zero attached hydrogens (tertiary/aromatic N) is 1. The molecule has 3 rings (SSSR count). The smallest absolute Gasteiger partial charge is 0.144 e. The van der Waals surface area contributed by atoms with Gasteiger partial charge in [-0.25, -0.2) is 0 Å². The van der Waals surface area contributed by atoms with E-state index in [1.165, 1.54) is 5.56 Å². The van der Waals surface area contributed by atoms with Crippen LogP contribution in [0.25, 0.3) is 6.08 Å². The molecule has 0 saturated heterocycles. The average Bonchev–Trinajstić information content (AvgIpc) is 2.92. The number of benzene rings is 2. The van der Waals surface area contributed by atoms with Crippen molar-refractivity contribution in [2.45, 2.75) is 25.4 Å². The highest BCUT2D eigenvalue weighted by Gasteiger charge is 2.33. The molecule has 0 spiro atoms. The molecule has 1 heterocycles. The van der Waals surface area contributed by atoms with Crippen LogP contribution in [0.1, 0.15) is 30.9 Å². The molecule has 0 aromatic heterocycles. The lowest BCUT2D eigenvalue weighted by molar-refractivity contribution is -0.000609. The Kier molecular flexibility index (Phi) is 3.87. The van der Waals surface area contributed by atoms with Crippen LogP contribution in [-0.4, -0.2) is 11.3 Å². The molecule has 21 heavy (non-hydrogen) atoms. The molecular formula is C19H19NO. The predicted molar refractivity (Wildman–Crippen MR) is 87.2 cm³/mol. The Morgan fingerprint density at radius 3 is 2.43 bits per heavy atom. The first-order valence-corrected chi connectivity index (χ1v) is 7.27. The summed E-state index contributed by atoms with van der Waals surface area (Å²) in [5.41, 5.74) is 3.15. The van der Waals surface area contributed by atoms with E-state index in [0.29, 0.717) is 0 Å². The molecule has 0 amide bonds. The first kappa shape index (κ1) is 13.6. The van der Waals surface area contributed by atoms with Gasteiger partial charge in [-0.2, -0.15) is 0 Å². The normalized spacial score (nSPS) is 21.3. The van der Waals surface area contributed by atoms with E-state index < -0.39 is 0 Å². The van der Waals surface area contributed by atoms with Crippen LogP contribution in [0.15, 0.2) is 71.9 Å². The van der Waals surface area contributed by atoms with Crippen LogP contribution in [0.4, 0.5) is 0 Å². The molecule has 1 aliphatic rings. The monoisotopic (exact) mass is 277 g/mol. The Balaban J connectivity index is 1.62. The van der Waals surface area contributed by atoms with E-state index in [9.17, 15) is 0 Å². The van der Waals surface area contributed by atoms with Gasteiger partial charge in [0, 0.05) is 12.8 Å². The van der Waals surface area contributed by atoms with Gasteiger partial charge in [0.15, 0.2) is 0 Å². The fraction of sp³-hybridized carbons (Fsp3) is 0.211. The van der Waals surface area contributed by atoms with Crippen molar-refractivity contribution < 1.29 is 4.84 Å². The summed E-state index contributed by atoms with van der Waals surface area (Å²) in [6.07, 6.45) is 5.99. The summed E-state index contributed by atoms with van der Waals surface area (Å²) in [6.45, 7) is 2.11. The highest BCUT2D eigenvalue weighted by atomic mass is 16.7. The summed E-state index contributed by atoms with van der Waals surface area (Å²) in [4.78, 5) is 5.68.